The highest BCUT2D eigenvalue weighted by Crippen LogP contribution is 2.37. The summed E-state index contributed by atoms with van der Waals surface area (Å²) < 4.78 is 30.6. The summed E-state index contributed by atoms with van der Waals surface area (Å²) in [7, 11) is 0. The van der Waals surface area contributed by atoms with Crippen molar-refractivity contribution in [3.8, 4) is 5.75 Å². The fourth-order valence-corrected chi connectivity index (χ4v) is 4.49. The first-order valence-electron chi connectivity index (χ1n) is 12.1. The van der Waals surface area contributed by atoms with Crippen LogP contribution >= 0.6 is 0 Å². The van der Waals surface area contributed by atoms with Gasteiger partial charge in [0.05, 0.1) is 18.8 Å². The molecule has 37 heavy (non-hydrogen) atoms. The molecule has 190 valence electrons. The zero-order valence-corrected chi connectivity index (χ0v) is 20.3. The van der Waals surface area contributed by atoms with Gasteiger partial charge in [-0.05, 0) is 59.5 Å². The fraction of sp³-hybridized carbons (Fsp3) is 0.250. The van der Waals surface area contributed by atoms with E-state index in [0.29, 0.717) is 36.5 Å². The average Bonchev–Trinajstić information content (AvgIpc) is 3.62. The summed E-state index contributed by atoms with van der Waals surface area (Å²) in [4.78, 5) is 31.1. The third kappa shape index (κ3) is 5.40. The molecule has 3 heterocycles. The number of aromatic nitrogens is 1. The summed E-state index contributed by atoms with van der Waals surface area (Å²) >= 11 is 0. The number of nitrogens with zero attached hydrogens (tertiary/aromatic N) is 2. The molecule has 2 aromatic heterocycles. The Morgan fingerprint density at radius 2 is 2.05 bits per heavy atom. The first-order chi connectivity index (χ1) is 18.0. The van der Waals surface area contributed by atoms with Crippen molar-refractivity contribution in [2.24, 2.45) is 0 Å². The van der Waals surface area contributed by atoms with E-state index in [2.05, 4.69) is 10.3 Å². The lowest BCUT2D eigenvalue weighted by atomic mass is 9.87. The molecule has 0 radical (unpaired) electrons. The van der Waals surface area contributed by atoms with E-state index in [-0.39, 0.29) is 36.5 Å². The number of halogens is 1. The van der Waals surface area contributed by atoms with E-state index in [4.69, 9.17) is 13.6 Å². The number of ether oxygens (including phenoxy) is 1. The predicted octanol–water partition coefficient (Wildman–Crippen LogP) is 4.80. The van der Waals surface area contributed by atoms with Crippen molar-refractivity contribution in [1.82, 2.24) is 15.2 Å². The Labute approximate surface area is 213 Å². The van der Waals surface area contributed by atoms with Crippen LogP contribution < -0.4 is 10.1 Å². The second-order valence-corrected chi connectivity index (χ2v) is 8.69. The molecule has 0 spiro atoms. The maximum Gasteiger partial charge on any atom is 0.273 e. The lowest BCUT2D eigenvalue weighted by Crippen LogP contribution is -2.40. The van der Waals surface area contributed by atoms with E-state index < -0.39 is 11.9 Å². The number of fused-ring (bicyclic) bond motifs is 1. The van der Waals surface area contributed by atoms with Gasteiger partial charge in [-0.1, -0.05) is 25.1 Å². The SMILES string of the molecule is CCC(=O)N1CCc2ccc(OCc3nc(C(=O)NCc4ccco4)co3)cc2C1c1cccc(F)c1. The van der Waals surface area contributed by atoms with Crippen LogP contribution in [0.25, 0.3) is 0 Å². The number of carbonyl (C=O) groups is 2. The maximum atomic E-state index is 14.1. The summed E-state index contributed by atoms with van der Waals surface area (Å²) in [6, 6.07) is 15.1. The average molecular weight is 504 g/mol. The molecule has 0 fully saturated rings. The van der Waals surface area contributed by atoms with Crippen molar-refractivity contribution in [2.45, 2.75) is 39.0 Å². The van der Waals surface area contributed by atoms with Crippen LogP contribution in [0.3, 0.4) is 0 Å². The molecule has 0 aliphatic carbocycles. The Balaban J connectivity index is 1.31. The zero-order chi connectivity index (χ0) is 25.8. The minimum absolute atomic E-state index is 0.00358. The van der Waals surface area contributed by atoms with E-state index >= 15 is 0 Å². The molecule has 1 N–H and O–H groups in total. The number of rotatable bonds is 8. The summed E-state index contributed by atoms with van der Waals surface area (Å²) in [5.74, 6) is 0.679. The fourth-order valence-electron chi connectivity index (χ4n) is 4.49. The van der Waals surface area contributed by atoms with Gasteiger partial charge in [-0.15, -0.1) is 0 Å². The largest absolute Gasteiger partial charge is 0.484 e. The topological polar surface area (TPSA) is 97.8 Å². The van der Waals surface area contributed by atoms with Crippen LogP contribution in [0, 0.1) is 5.82 Å². The molecule has 0 saturated carbocycles. The number of carbonyl (C=O) groups excluding carboxylic acids is 2. The van der Waals surface area contributed by atoms with E-state index in [1.54, 1.807) is 23.1 Å². The predicted molar refractivity (Wildman–Crippen MR) is 131 cm³/mol. The second-order valence-electron chi connectivity index (χ2n) is 8.69. The highest BCUT2D eigenvalue weighted by molar-refractivity contribution is 5.91. The third-order valence-electron chi connectivity index (χ3n) is 6.28. The number of oxazole rings is 1. The van der Waals surface area contributed by atoms with Gasteiger partial charge in [-0.3, -0.25) is 9.59 Å². The minimum atomic E-state index is -0.415. The zero-order valence-electron chi connectivity index (χ0n) is 20.3. The molecule has 2 aromatic carbocycles. The van der Waals surface area contributed by atoms with Gasteiger partial charge in [0.25, 0.3) is 5.91 Å². The van der Waals surface area contributed by atoms with Crippen LogP contribution in [0.1, 0.15) is 58.2 Å². The smallest absolute Gasteiger partial charge is 0.273 e. The summed E-state index contributed by atoms with van der Waals surface area (Å²) in [5, 5.41) is 2.71. The molecule has 1 aliphatic heterocycles. The first kappa shape index (κ1) is 24.3. The van der Waals surface area contributed by atoms with Crippen LogP contribution in [0.15, 0.2) is 76.0 Å². The minimum Gasteiger partial charge on any atom is -0.484 e. The Morgan fingerprint density at radius 3 is 2.84 bits per heavy atom. The van der Waals surface area contributed by atoms with Gasteiger partial charge in [-0.2, -0.15) is 0 Å². The van der Waals surface area contributed by atoms with E-state index in [1.165, 1.54) is 24.7 Å². The molecule has 0 saturated heterocycles. The van der Waals surface area contributed by atoms with Crippen LogP contribution in [0.5, 0.6) is 5.75 Å². The molecule has 1 unspecified atom stereocenters. The monoisotopic (exact) mass is 503 g/mol. The van der Waals surface area contributed by atoms with Crippen LogP contribution in [0.4, 0.5) is 4.39 Å². The second kappa shape index (κ2) is 10.7. The van der Waals surface area contributed by atoms with Gasteiger partial charge >= 0.3 is 0 Å². The van der Waals surface area contributed by atoms with Crippen molar-refractivity contribution >= 4 is 11.8 Å². The number of benzene rings is 2. The van der Waals surface area contributed by atoms with Gasteiger partial charge < -0.3 is 23.8 Å². The van der Waals surface area contributed by atoms with Crippen LogP contribution in [-0.2, 0) is 24.4 Å². The highest BCUT2D eigenvalue weighted by Gasteiger charge is 2.32. The molecule has 2 amide bonds. The molecule has 9 heteroatoms. The molecule has 4 aromatic rings. The molecular formula is C28H26FN3O5. The van der Waals surface area contributed by atoms with Gasteiger partial charge in [0.1, 0.15) is 23.6 Å². The normalized spacial score (nSPS) is 14.8. The first-order valence-corrected chi connectivity index (χ1v) is 12.1. The van der Waals surface area contributed by atoms with Crippen LogP contribution in [0.2, 0.25) is 0 Å². The van der Waals surface area contributed by atoms with Crippen molar-refractivity contribution < 1.29 is 27.6 Å². The molecule has 5 rings (SSSR count). The van der Waals surface area contributed by atoms with E-state index in [1.807, 2.05) is 31.2 Å². The molecule has 0 bridgehead atoms. The molecule has 1 atom stereocenters. The molecule has 8 nitrogen and oxygen atoms in total. The van der Waals surface area contributed by atoms with Gasteiger partial charge in [0.2, 0.25) is 11.8 Å². The molecular weight excluding hydrogens is 477 g/mol. The van der Waals surface area contributed by atoms with Gasteiger partial charge in [-0.25, -0.2) is 9.37 Å². The maximum absolute atomic E-state index is 14.1. The Bertz CT molecular complexity index is 1400. The quantitative estimate of drug-likeness (QED) is 0.371. The number of hydrogen-bond donors (Lipinski definition) is 1. The number of nitrogens with one attached hydrogen (secondary N) is 1. The van der Waals surface area contributed by atoms with E-state index in [0.717, 1.165) is 11.1 Å². The summed E-state index contributed by atoms with van der Waals surface area (Å²) in [5.41, 5.74) is 2.81. The van der Waals surface area contributed by atoms with Crippen molar-refractivity contribution in [2.75, 3.05) is 6.54 Å². The molecule has 1 aliphatic rings. The van der Waals surface area contributed by atoms with Gasteiger partial charge in [0, 0.05) is 13.0 Å². The Morgan fingerprint density at radius 1 is 1.16 bits per heavy atom. The lowest BCUT2D eigenvalue weighted by molar-refractivity contribution is -0.132. The number of furan rings is 1. The van der Waals surface area contributed by atoms with Crippen LogP contribution in [-0.4, -0.2) is 28.2 Å². The van der Waals surface area contributed by atoms with Crippen molar-refractivity contribution in [1.29, 1.82) is 0 Å². The van der Waals surface area contributed by atoms with Crippen molar-refractivity contribution in [3.05, 3.63) is 107 Å². The number of amides is 2. The highest BCUT2D eigenvalue weighted by atomic mass is 19.1. The standard InChI is InChI=1S/C28H26FN3O5/c1-2-26(33)32-11-10-18-8-9-21(14-23(18)27(32)19-5-3-6-20(29)13-19)36-17-25-31-24(16-37-25)28(34)30-15-22-7-4-12-35-22/h3-9,12-14,16,27H,2,10-11,15,17H2,1H3,(H,30,34). The number of hydrogen-bond acceptors (Lipinski definition) is 6. The van der Waals surface area contributed by atoms with E-state index in [9.17, 15) is 14.0 Å². The summed E-state index contributed by atoms with van der Waals surface area (Å²) in [6.45, 7) is 2.63. The lowest BCUT2D eigenvalue weighted by Gasteiger charge is -2.38. The Hall–Kier alpha value is -4.40. The van der Waals surface area contributed by atoms with Gasteiger partial charge in [0.15, 0.2) is 12.3 Å². The third-order valence-corrected chi connectivity index (χ3v) is 6.28. The van der Waals surface area contributed by atoms with Crippen molar-refractivity contribution in [3.63, 3.8) is 0 Å². The summed E-state index contributed by atoms with van der Waals surface area (Å²) in [6.07, 6.45) is 3.87. The Kier molecular flexibility index (Phi) is 7.02.